The van der Waals surface area contributed by atoms with E-state index in [0.29, 0.717) is 12.5 Å². The summed E-state index contributed by atoms with van der Waals surface area (Å²) in [4.78, 5) is 11.5. The first-order chi connectivity index (χ1) is 8.73. The number of rotatable bonds is 9. The summed E-state index contributed by atoms with van der Waals surface area (Å²) in [6.45, 7) is 10.4. The largest absolute Gasteiger partial charge is 0.465 e. The molecule has 0 fully saturated rings. The molecule has 0 rings (SSSR count). The maximum Gasteiger partial charge on any atom is 0.311 e. The van der Waals surface area contributed by atoms with Crippen molar-refractivity contribution < 1.29 is 14.6 Å². The molecular weight excluding hydrogens is 240 g/mol. The third-order valence-corrected chi connectivity index (χ3v) is 3.02. The Morgan fingerprint density at radius 3 is 2.21 bits per heavy atom. The lowest BCUT2D eigenvalue weighted by Crippen LogP contribution is -2.23. The van der Waals surface area contributed by atoms with Crippen LogP contribution >= 0.6 is 0 Å². The molecule has 0 saturated carbocycles. The zero-order chi connectivity index (χ0) is 14.9. The Labute approximate surface area is 118 Å². The van der Waals surface area contributed by atoms with Crippen molar-refractivity contribution in [2.75, 3.05) is 6.61 Å². The number of unbranched alkanes of at least 4 members (excludes halogenated alkanes) is 3. The molecular formula is C16H32O3. The van der Waals surface area contributed by atoms with Crippen molar-refractivity contribution in [1.82, 2.24) is 0 Å². The van der Waals surface area contributed by atoms with E-state index in [9.17, 15) is 9.90 Å². The Morgan fingerprint density at radius 1 is 1.11 bits per heavy atom. The van der Waals surface area contributed by atoms with Crippen LogP contribution in [0.1, 0.15) is 73.1 Å². The standard InChI is InChI=1S/C16H32O3/c1-13(2)12-14(17)10-8-6-7-9-11-19-15(18)16(3,4)5/h13-14,17H,6-12H2,1-5H3/t14-/m0/s1. The first-order valence-electron chi connectivity index (χ1n) is 7.58. The Morgan fingerprint density at radius 2 is 1.68 bits per heavy atom. The lowest BCUT2D eigenvalue weighted by Gasteiger charge is -2.16. The molecule has 1 N–H and O–H groups in total. The molecule has 3 heteroatoms. The van der Waals surface area contributed by atoms with Crippen molar-refractivity contribution in [2.24, 2.45) is 11.3 Å². The summed E-state index contributed by atoms with van der Waals surface area (Å²) < 4.78 is 5.20. The summed E-state index contributed by atoms with van der Waals surface area (Å²) in [5, 5.41) is 9.72. The third-order valence-electron chi connectivity index (χ3n) is 3.02. The monoisotopic (exact) mass is 272 g/mol. The van der Waals surface area contributed by atoms with Gasteiger partial charge < -0.3 is 9.84 Å². The van der Waals surface area contributed by atoms with Crippen LogP contribution in [0.5, 0.6) is 0 Å². The first-order valence-corrected chi connectivity index (χ1v) is 7.58. The van der Waals surface area contributed by atoms with Crippen LogP contribution in [-0.4, -0.2) is 23.8 Å². The summed E-state index contributed by atoms with van der Waals surface area (Å²) in [6, 6.07) is 0. The van der Waals surface area contributed by atoms with E-state index in [2.05, 4.69) is 13.8 Å². The van der Waals surface area contributed by atoms with Gasteiger partial charge in [0.2, 0.25) is 0 Å². The zero-order valence-corrected chi connectivity index (χ0v) is 13.4. The van der Waals surface area contributed by atoms with Gasteiger partial charge in [-0.25, -0.2) is 0 Å². The van der Waals surface area contributed by atoms with Gasteiger partial charge in [0.05, 0.1) is 18.1 Å². The van der Waals surface area contributed by atoms with Crippen LogP contribution in [0.15, 0.2) is 0 Å². The van der Waals surface area contributed by atoms with Crippen LogP contribution in [0.2, 0.25) is 0 Å². The molecule has 0 aliphatic carbocycles. The Bertz CT molecular complexity index is 241. The second kappa shape index (κ2) is 9.35. The molecule has 0 heterocycles. The minimum atomic E-state index is -0.402. The van der Waals surface area contributed by atoms with Gasteiger partial charge in [-0.3, -0.25) is 4.79 Å². The van der Waals surface area contributed by atoms with Crippen LogP contribution < -0.4 is 0 Å². The van der Waals surface area contributed by atoms with E-state index >= 15 is 0 Å². The van der Waals surface area contributed by atoms with Crippen LogP contribution in [0.25, 0.3) is 0 Å². The highest BCUT2D eigenvalue weighted by Gasteiger charge is 2.22. The molecule has 0 amide bonds. The molecule has 0 aromatic heterocycles. The normalized spacial score (nSPS) is 13.6. The first kappa shape index (κ1) is 18.4. The number of carbonyl (C=O) groups excluding carboxylic acids is 1. The van der Waals surface area contributed by atoms with Gasteiger partial charge in [-0.1, -0.05) is 33.1 Å². The lowest BCUT2D eigenvalue weighted by molar-refractivity contribution is -0.153. The van der Waals surface area contributed by atoms with Gasteiger partial charge >= 0.3 is 5.97 Å². The molecule has 1 atom stereocenters. The molecule has 19 heavy (non-hydrogen) atoms. The van der Waals surface area contributed by atoms with Crippen LogP contribution in [0.3, 0.4) is 0 Å². The Balaban J connectivity index is 3.39. The molecule has 0 radical (unpaired) electrons. The van der Waals surface area contributed by atoms with Crippen molar-refractivity contribution in [3.05, 3.63) is 0 Å². The fourth-order valence-corrected chi connectivity index (χ4v) is 1.88. The Kier molecular flexibility index (Phi) is 9.07. The van der Waals surface area contributed by atoms with E-state index in [1.807, 2.05) is 20.8 Å². The number of hydrogen-bond acceptors (Lipinski definition) is 3. The minimum absolute atomic E-state index is 0.125. The average Bonchev–Trinajstić information content (AvgIpc) is 2.25. The molecule has 114 valence electrons. The topological polar surface area (TPSA) is 46.5 Å². The van der Waals surface area contributed by atoms with E-state index in [1.165, 1.54) is 0 Å². The highest BCUT2D eigenvalue weighted by Crippen LogP contribution is 2.16. The van der Waals surface area contributed by atoms with E-state index in [-0.39, 0.29) is 12.1 Å². The van der Waals surface area contributed by atoms with Gasteiger partial charge in [-0.2, -0.15) is 0 Å². The molecule has 0 aromatic rings. The van der Waals surface area contributed by atoms with Crippen molar-refractivity contribution in [3.8, 4) is 0 Å². The van der Waals surface area contributed by atoms with Gasteiger partial charge in [-0.15, -0.1) is 0 Å². The predicted molar refractivity (Wildman–Crippen MR) is 79.0 cm³/mol. The molecule has 0 aliphatic rings. The van der Waals surface area contributed by atoms with E-state index in [0.717, 1.165) is 38.5 Å². The SMILES string of the molecule is CC(C)C[C@@H](O)CCCCCCOC(=O)C(C)(C)C. The minimum Gasteiger partial charge on any atom is -0.465 e. The quantitative estimate of drug-likeness (QED) is 0.511. The molecule has 0 saturated heterocycles. The van der Waals surface area contributed by atoms with E-state index in [4.69, 9.17) is 4.74 Å². The van der Waals surface area contributed by atoms with Gasteiger partial charge in [-0.05, 0) is 46.0 Å². The zero-order valence-electron chi connectivity index (χ0n) is 13.4. The smallest absolute Gasteiger partial charge is 0.311 e. The lowest BCUT2D eigenvalue weighted by atomic mass is 9.97. The highest BCUT2D eigenvalue weighted by molar-refractivity contribution is 5.75. The molecule has 0 aromatic carbocycles. The molecule has 3 nitrogen and oxygen atoms in total. The fraction of sp³-hybridized carbons (Fsp3) is 0.938. The molecule has 0 bridgehead atoms. The molecule has 0 unspecified atom stereocenters. The van der Waals surface area contributed by atoms with Gasteiger partial charge in [0.1, 0.15) is 0 Å². The number of aliphatic hydroxyl groups excluding tert-OH is 1. The number of aliphatic hydroxyl groups is 1. The van der Waals surface area contributed by atoms with Crippen molar-refractivity contribution in [1.29, 1.82) is 0 Å². The number of ether oxygens (including phenoxy) is 1. The number of esters is 1. The van der Waals surface area contributed by atoms with Gasteiger partial charge in [0.25, 0.3) is 0 Å². The summed E-state index contributed by atoms with van der Waals surface area (Å²) in [5.74, 6) is 0.437. The summed E-state index contributed by atoms with van der Waals surface area (Å²) >= 11 is 0. The molecule has 0 aliphatic heterocycles. The average molecular weight is 272 g/mol. The van der Waals surface area contributed by atoms with Crippen molar-refractivity contribution in [2.45, 2.75) is 79.2 Å². The van der Waals surface area contributed by atoms with Gasteiger partial charge in [0.15, 0.2) is 0 Å². The third kappa shape index (κ3) is 11.0. The summed E-state index contributed by atoms with van der Waals surface area (Å²) in [6.07, 6.45) is 5.76. The van der Waals surface area contributed by atoms with E-state index < -0.39 is 5.41 Å². The highest BCUT2D eigenvalue weighted by atomic mass is 16.5. The summed E-state index contributed by atoms with van der Waals surface area (Å²) in [5.41, 5.74) is -0.402. The van der Waals surface area contributed by atoms with Gasteiger partial charge in [0, 0.05) is 0 Å². The number of hydrogen-bond donors (Lipinski definition) is 1. The predicted octanol–water partition coefficient (Wildman–Crippen LogP) is 3.93. The maximum atomic E-state index is 11.5. The second-order valence-corrected chi connectivity index (χ2v) is 6.87. The van der Waals surface area contributed by atoms with Crippen LogP contribution in [-0.2, 0) is 9.53 Å². The summed E-state index contributed by atoms with van der Waals surface area (Å²) in [7, 11) is 0. The van der Waals surface area contributed by atoms with Crippen LogP contribution in [0.4, 0.5) is 0 Å². The molecule has 0 spiro atoms. The maximum absolute atomic E-state index is 11.5. The second-order valence-electron chi connectivity index (χ2n) is 6.87. The fourth-order valence-electron chi connectivity index (χ4n) is 1.88. The van der Waals surface area contributed by atoms with Crippen molar-refractivity contribution in [3.63, 3.8) is 0 Å². The van der Waals surface area contributed by atoms with E-state index in [1.54, 1.807) is 0 Å². The number of carbonyl (C=O) groups is 1. The Hall–Kier alpha value is -0.570. The van der Waals surface area contributed by atoms with Crippen LogP contribution in [0, 0.1) is 11.3 Å². The van der Waals surface area contributed by atoms with Crippen molar-refractivity contribution >= 4 is 5.97 Å².